The summed E-state index contributed by atoms with van der Waals surface area (Å²) < 4.78 is 31.7. The van der Waals surface area contributed by atoms with E-state index in [1.165, 1.54) is 5.01 Å². The number of rotatable bonds is 5. The number of hydrazine groups is 1. The Hall–Kier alpha value is -2.38. The second-order valence-electron chi connectivity index (χ2n) is 5.69. The summed E-state index contributed by atoms with van der Waals surface area (Å²) in [5.41, 5.74) is 6.24. The van der Waals surface area contributed by atoms with Crippen molar-refractivity contribution in [3.8, 4) is 0 Å². The summed E-state index contributed by atoms with van der Waals surface area (Å²) in [7, 11) is 3.37. The fourth-order valence-electron chi connectivity index (χ4n) is 2.22. The maximum absolute atomic E-state index is 12.3. The first-order valence-electron chi connectivity index (χ1n) is 7.76. The zero-order valence-corrected chi connectivity index (χ0v) is 15.8. The van der Waals surface area contributed by atoms with Gasteiger partial charge in [-0.15, -0.1) is 11.8 Å². The van der Waals surface area contributed by atoms with Crippen LogP contribution in [0.25, 0.3) is 0 Å². The van der Waals surface area contributed by atoms with E-state index in [2.05, 4.69) is 4.98 Å². The number of hydrogen-bond acceptors (Lipinski definition) is 7. The molecule has 4 N–H and O–H groups in total. The molecule has 0 spiro atoms. The lowest BCUT2D eigenvalue weighted by Crippen LogP contribution is -2.51. The summed E-state index contributed by atoms with van der Waals surface area (Å²) in [5, 5.41) is 19.2. The second kappa shape index (κ2) is 9.71. The zero-order chi connectivity index (χ0) is 21.6. The molecule has 0 fully saturated rings. The first-order chi connectivity index (χ1) is 12.9. The molecule has 1 aromatic rings. The van der Waals surface area contributed by atoms with Crippen molar-refractivity contribution in [2.24, 2.45) is 11.7 Å². The van der Waals surface area contributed by atoms with Crippen LogP contribution in [0.5, 0.6) is 0 Å². The Morgan fingerprint density at radius 2 is 1.96 bits per heavy atom. The third kappa shape index (κ3) is 6.07. The average Bonchev–Trinajstić information content (AvgIpc) is 2.58. The van der Waals surface area contributed by atoms with Gasteiger partial charge in [0.2, 0.25) is 0 Å². The summed E-state index contributed by atoms with van der Waals surface area (Å²) in [5.74, 6) is -4.14. The van der Waals surface area contributed by atoms with Gasteiger partial charge in [-0.25, -0.2) is 19.8 Å². The maximum Gasteiger partial charge on any atom is 0.490 e. The molecule has 9 nitrogen and oxygen atoms in total. The van der Waals surface area contributed by atoms with Crippen LogP contribution in [0, 0.1) is 5.92 Å². The normalized spacial score (nSPS) is 16.3. The van der Waals surface area contributed by atoms with Crippen molar-refractivity contribution < 1.29 is 37.8 Å². The van der Waals surface area contributed by atoms with Gasteiger partial charge in [0.1, 0.15) is 5.92 Å². The molecule has 0 aromatic carbocycles. The van der Waals surface area contributed by atoms with Gasteiger partial charge in [-0.05, 0) is 18.1 Å². The van der Waals surface area contributed by atoms with Gasteiger partial charge < -0.3 is 15.9 Å². The third-order valence-electron chi connectivity index (χ3n) is 3.38. The quantitative estimate of drug-likeness (QED) is 0.464. The number of aromatic nitrogens is 1. The van der Waals surface area contributed by atoms with Crippen molar-refractivity contribution in [1.29, 1.82) is 0 Å². The van der Waals surface area contributed by atoms with Crippen molar-refractivity contribution in [3.05, 3.63) is 17.8 Å². The van der Waals surface area contributed by atoms with Crippen LogP contribution in [0.15, 0.2) is 17.2 Å². The number of carboxylic acid groups (broad SMARTS) is 2. The minimum Gasteiger partial charge on any atom is -0.481 e. The van der Waals surface area contributed by atoms with Gasteiger partial charge >= 0.3 is 18.1 Å². The number of aliphatic carboxylic acids is 2. The standard InChI is InChI=1S/C13H18N4O3S.C2HF3O2/c1-16(2)17-11-8(6-10(12(17)18)13(19)20)5-9(7-15-11)21-4-3-14;3-2(4,5)1(6)7/h5,7,10H,3-4,6,14H2,1-2H3,(H,19,20);(H,6,7). The van der Waals surface area contributed by atoms with E-state index in [0.29, 0.717) is 12.4 Å². The van der Waals surface area contributed by atoms with Crippen LogP contribution in [-0.4, -0.2) is 70.6 Å². The number of nitrogens with zero attached hydrogens (tertiary/aromatic N) is 3. The molecule has 1 amide bonds. The van der Waals surface area contributed by atoms with E-state index in [9.17, 15) is 27.9 Å². The Kier molecular flexibility index (Phi) is 8.20. The zero-order valence-electron chi connectivity index (χ0n) is 14.9. The van der Waals surface area contributed by atoms with Crippen molar-refractivity contribution >= 4 is 35.4 Å². The number of halogens is 3. The molecule has 0 bridgehead atoms. The minimum atomic E-state index is -5.08. The molecule has 1 aromatic heterocycles. The predicted octanol–water partition coefficient (Wildman–Crippen LogP) is 0.832. The van der Waals surface area contributed by atoms with Crippen LogP contribution in [0.1, 0.15) is 5.56 Å². The Bertz CT molecular complexity index is 745. The number of fused-ring (bicyclic) bond motifs is 1. The molecular weight excluding hydrogens is 405 g/mol. The van der Waals surface area contributed by atoms with Crippen LogP contribution in [0.2, 0.25) is 0 Å². The number of pyridine rings is 1. The van der Waals surface area contributed by atoms with Crippen LogP contribution in [-0.2, 0) is 20.8 Å². The van der Waals surface area contributed by atoms with Crippen LogP contribution in [0.3, 0.4) is 0 Å². The summed E-state index contributed by atoms with van der Waals surface area (Å²) in [4.78, 5) is 37.7. The molecule has 1 atom stereocenters. The first kappa shape index (κ1) is 23.7. The van der Waals surface area contributed by atoms with Crippen LogP contribution < -0.4 is 10.7 Å². The molecule has 0 radical (unpaired) electrons. The molecule has 1 aliphatic rings. The van der Waals surface area contributed by atoms with Gasteiger partial charge in [0.15, 0.2) is 5.82 Å². The monoisotopic (exact) mass is 424 g/mol. The fraction of sp³-hybridized carbons (Fsp3) is 0.467. The second-order valence-corrected chi connectivity index (χ2v) is 6.85. The number of amides is 1. The van der Waals surface area contributed by atoms with Gasteiger partial charge in [-0.2, -0.15) is 13.2 Å². The van der Waals surface area contributed by atoms with Crippen molar-refractivity contribution in [3.63, 3.8) is 0 Å². The number of carbonyl (C=O) groups is 3. The van der Waals surface area contributed by atoms with E-state index in [0.717, 1.165) is 16.2 Å². The molecule has 0 saturated heterocycles. The number of alkyl halides is 3. The molecular formula is C15H19F3N4O5S. The minimum absolute atomic E-state index is 0.165. The Morgan fingerprint density at radius 1 is 1.39 bits per heavy atom. The van der Waals surface area contributed by atoms with E-state index in [1.54, 1.807) is 37.1 Å². The van der Waals surface area contributed by atoms with Crippen molar-refractivity contribution in [1.82, 2.24) is 9.99 Å². The van der Waals surface area contributed by atoms with Gasteiger partial charge in [-0.1, -0.05) is 0 Å². The number of nitrogens with two attached hydrogens (primary N) is 1. The largest absolute Gasteiger partial charge is 0.490 e. The number of carboxylic acids is 2. The lowest BCUT2D eigenvalue weighted by molar-refractivity contribution is -0.192. The van der Waals surface area contributed by atoms with Gasteiger partial charge in [0.05, 0.1) is 0 Å². The first-order valence-corrected chi connectivity index (χ1v) is 8.74. The van der Waals surface area contributed by atoms with E-state index < -0.39 is 29.9 Å². The highest BCUT2D eigenvalue weighted by molar-refractivity contribution is 7.99. The lowest BCUT2D eigenvalue weighted by atomic mass is 9.95. The Balaban J connectivity index is 0.000000480. The van der Waals surface area contributed by atoms with Gasteiger partial charge in [0.25, 0.3) is 5.91 Å². The topological polar surface area (TPSA) is 137 Å². The highest BCUT2D eigenvalue weighted by Gasteiger charge is 2.40. The van der Waals surface area contributed by atoms with E-state index >= 15 is 0 Å². The summed E-state index contributed by atoms with van der Waals surface area (Å²) in [6.45, 7) is 0.557. The van der Waals surface area contributed by atoms with Crippen LogP contribution >= 0.6 is 11.8 Å². The SMILES string of the molecule is CN(C)N1C(=O)C(C(=O)O)Cc2cc(SCCN)cnc21.O=C(O)C(F)(F)F. The van der Waals surface area contributed by atoms with Gasteiger partial charge in [0, 0.05) is 37.5 Å². The number of hydrogen-bond donors (Lipinski definition) is 3. The van der Waals surface area contributed by atoms with E-state index in [1.807, 2.05) is 6.07 Å². The predicted molar refractivity (Wildman–Crippen MR) is 93.7 cm³/mol. The lowest BCUT2D eigenvalue weighted by Gasteiger charge is -2.35. The van der Waals surface area contributed by atoms with Crippen LogP contribution in [0.4, 0.5) is 19.0 Å². The smallest absolute Gasteiger partial charge is 0.481 e. The molecule has 13 heteroatoms. The number of carbonyl (C=O) groups excluding carboxylic acids is 1. The molecule has 0 aliphatic carbocycles. The molecule has 1 aliphatic heterocycles. The highest BCUT2D eigenvalue weighted by atomic mass is 32.2. The Morgan fingerprint density at radius 3 is 2.39 bits per heavy atom. The highest BCUT2D eigenvalue weighted by Crippen LogP contribution is 2.32. The van der Waals surface area contributed by atoms with E-state index in [4.69, 9.17) is 15.6 Å². The summed E-state index contributed by atoms with van der Waals surface area (Å²) in [6, 6.07) is 1.89. The summed E-state index contributed by atoms with van der Waals surface area (Å²) >= 11 is 1.56. The molecule has 2 rings (SSSR count). The molecule has 0 saturated carbocycles. The fourth-order valence-corrected chi connectivity index (χ4v) is 2.92. The molecule has 1 unspecified atom stereocenters. The number of anilines is 1. The molecule has 28 heavy (non-hydrogen) atoms. The van der Waals surface area contributed by atoms with Crippen molar-refractivity contribution in [2.45, 2.75) is 17.5 Å². The third-order valence-corrected chi connectivity index (χ3v) is 4.37. The molecule has 156 valence electrons. The maximum atomic E-state index is 12.3. The van der Waals surface area contributed by atoms with E-state index in [-0.39, 0.29) is 6.42 Å². The van der Waals surface area contributed by atoms with Crippen molar-refractivity contribution in [2.75, 3.05) is 31.4 Å². The summed E-state index contributed by atoms with van der Waals surface area (Å²) in [6.07, 6.45) is -3.23. The molecule has 2 heterocycles. The average molecular weight is 424 g/mol. The Labute approximate surface area is 162 Å². The van der Waals surface area contributed by atoms with Gasteiger partial charge in [-0.3, -0.25) is 9.59 Å². The number of thioether (sulfide) groups is 1.